The molecule has 20 heavy (non-hydrogen) atoms. The number of aryl methyl sites for hydroxylation is 2. The number of likely N-dealkylation sites (tertiary alicyclic amines) is 1. The molecule has 1 atom stereocenters. The fraction of sp³-hybridized carbons (Fsp3) is 0.647. The number of rotatable bonds is 5. The monoisotopic (exact) mass is 297 g/mol. The zero-order valence-corrected chi connectivity index (χ0v) is 13.8. The van der Waals surface area contributed by atoms with Crippen LogP contribution in [0.2, 0.25) is 0 Å². The molecule has 1 aromatic rings. The molecule has 0 radical (unpaired) electrons. The summed E-state index contributed by atoms with van der Waals surface area (Å²) >= 11 is 0. The normalized spacial score (nSPS) is 19.4. The summed E-state index contributed by atoms with van der Waals surface area (Å²) in [7, 11) is 0. The second-order valence-corrected chi connectivity index (χ2v) is 5.82. The summed E-state index contributed by atoms with van der Waals surface area (Å²) in [6, 6.07) is 7.08. The van der Waals surface area contributed by atoms with Crippen molar-refractivity contribution < 1.29 is 4.74 Å². The Bertz CT molecular complexity index is 386. The fourth-order valence-corrected chi connectivity index (χ4v) is 3.04. The Labute approximate surface area is 129 Å². The predicted molar refractivity (Wildman–Crippen MR) is 88.2 cm³/mol. The maximum absolute atomic E-state index is 6.04. The first kappa shape index (κ1) is 17.3. The minimum absolute atomic E-state index is 0. The third-order valence-electron chi connectivity index (χ3n) is 3.90. The summed E-state index contributed by atoms with van der Waals surface area (Å²) < 4.78 is 6.04. The van der Waals surface area contributed by atoms with Crippen LogP contribution in [0.25, 0.3) is 0 Å². The van der Waals surface area contributed by atoms with Crippen molar-refractivity contribution in [1.82, 2.24) is 4.90 Å². The molecule has 0 bridgehead atoms. The van der Waals surface area contributed by atoms with Gasteiger partial charge in [0.15, 0.2) is 0 Å². The van der Waals surface area contributed by atoms with Crippen molar-refractivity contribution in [2.45, 2.75) is 52.5 Å². The number of piperidine rings is 1. The summed E-state index contributed by atoms with van der Waals surface area (Å²) in [6.07, 6.45) is 5.21. The molecule has 1 aliphatic rings. The van der Waals surface area contributed by atoms with E-state index in [4.69, 9.17) is 4.74 Å². The maximum Gasteiger partial charge on any atom is 0.119 e. The van der Waals surface area contributed by atoms with Crippen molar-refractivity contribution in [3.05, 3.63) is 29.3 Å². The minimum atomic E-state index is 0. The van der Waals surface area contributed by atoms with Crippen LogP contribution in [-0.2, 0) is 0 Å². The lowest BCUT2D eigenvalue weighted by molar-refractivity contribution is 0.0998. The predicted octanol–water partition coefficient (Wildman–Crippen LogP) is 4.37. The van der Waals surface area contributed by atoms with Crippen molar-refractivity contribution >= 4 is 12.4 Å². The van der Waals surface area contributed by atoms with Crippen molar-refractivity contribution in [1.29, 1.82) is 0 Å². The summed E-state index contributed by atoms with van der Waals surface area (Å²) in [4.78, 5) is 2.60. The van der Waals surface area contributed by atoms with Crippen LogP contribution < -0.4 is 4.74 Å². The summed E-state index contributed by atoms with van der Waals surface area (Å²) in [6.45, 7) is 9.81. The zero-order valence-electron chi connectivity index (χ0n) is 13.0. The van der Waals surface area contributed by atoms with E-state index in [-0.39, 0.29) is 12.4 Å². The van der Waals surface area contributed by atoms with E-state index in [1.54, 1.807) is 0 Å². The highest BCUT2D eigenvalue weighted by Gasteiger charge is 2.22. The molecule has 1 fully saturated rings. The Morgan fingerprint density at radius 2 is 1.85 bits per heavy atom. The largest absolute Gasteiger partial charge is 0.492 e. The molecule has 1 unspecified atom stereocenters. The van der Waals surface area contributed by atoms with Gasteiger partial charge < -0.3 is 4.74 Å². The van der Waals surface area contributed by atoms with Crippen LogP contribution in [0.1, 0.15) is 43.7 Å². The molecule has 114 valence electrons. The molecule has 0 aliphatic carbocycles. The van der Waals surface area contributed by atoms with Gasteiger partial charge in [-0.3, -0.25) is 4.90 Å². The molecule has 1 heterocycles. The third kappa shape index (κ3) is 4.99. The molecule has 0 saturated carbocycles. The first-order valence-electron chi connectivity index (χ1n) is 7.64. The molecule has 2 nitrogen and oxygen atoms in total. The zero-order chi connectivity index (χ0) is 13.7. The van der Waals surface area contributed by atoms with Gasteiger partial charge in [-0.15, -0.1) is 12.4 Å². The highest BCUT2D eigenvalue weighted by atomic mass is 35.5. The summed E-state index contributed by atoms with van der Waals surface area (Å²) in [5.74, 6) is 1.03. The Morgan fingerprint density at radius 1 is 1.15 bits per heavy atom. The number of ether oxygens (including phenoxy) is 1. The van der Waals surface area contributed by atoms with Crippen molar-refractivity contribution in [2.75, 3.05) is 19.7 Å². The van der Waals surface area contributed by atoms with Crippen LogP contribution in [0.3, 0.4) is 0 Å². The lowest BCUT2D eigenvalue weighted by atomic mass is 10.0. The number of hydrogen-bond acceptors (Lipinski definition) is 2. The van der Waals surface area contributed by atoms with Crippen molar-refractivity contribution in [2.24, 2.45) is 0 Å². The molecule has 0 amide bonds. The van der Waals surface area contributed by atoms with Crippen molar-refractivity contribution in [3.63, 3.8) is 0 Å². The van der Waals surface area contributed by atoms with E-state index in [1.807, 2.05) is 0 Å². The van der Waals surface area contributed by atoms with Crippen molar-refractivity contribution in [3.8, 4) is 5.75 Å². The fourth-order valence-electron chi connectivity index (χ4n) is 3.04. The van der Waals surface area contributed by atoms with E-state index in [1.165, 1.54) is 49.9 Å². The van der Waals surface area contributed by atoms with Crippen LogP contribution in [0.15, 0.2) is 18.2 Å². The van der Waals surface area contributed by atoms with E-state index in [0.29, 0.717) is 6.04 Å². The number of hydrogen-bond donors (Lipinski definition) is 0. The van der Waals surface area contributed by atoms with E-state index >= 15 is 0 Å². The van der Waals surface area contributed by atoms with E-state index < -0.39 is 0 Å². The number of halogens is 1. The van der Waals surface area contributed by atoms with E-state index in [9.17, 15) is 0 Å². The Balaban J connectivity index is 0.00000200. The Morgan fingerprint density at radius 3 is 2.50 bits per heavy atom. The van der Waals surface area contributed by atoms with Gasteiger partial charge in [-0.2, -0.15) is 0 Å². The van der Waals surface area contributed by atoms with Gasteiger partial charge in [0.1, 0.15) is 12.4 Å². The summed E-state index contributed by atoms with van der Waals surface area (Å²) in [5.41, 5.74) is 2.56. The number of nitrogens with zero attached hydrogens (tertiary/aromatic N) is 1. The average Bonchev–Trinajstić information content (AvgIpc) is 2.37. The second-order valence-electron chi connectivity index (χ2n) is 5.82. The topological polar surface area (TPSA) is 12.5 Å². The van der Waals surface area contributed by atoms with E-state index in [0.717, 1.165) is 12.4 Å². The average molecular weight is 298 g/mol. The third-order valence-corrected chi connectivity index (χ3v) is 3.90. The van der Waals surface area contributed by atoms with E-state index in [2.05, 4.69) is 43.9 Å². The first-order valence-corrected chi connectivity index (χ1v) is 7.64. The lowest BCUT2D eigenvalue weighted by Gasteiger charge is -2.35. The second kappa shape index (κ2) is 8.53. The van der Waals surface area contributed by atoms with Crippen LogP contribution in [0.5, 0.6) is 5.75 Å². The molecule has 0 spiro atoms. The molecular weight excluding hydrogens is 270 g/mol. The molecule has 0 N–H and O–H groups in total. The summed E-state index contributed by atoms with van der Waals surface area (Å²) in [5, 5.41) is 0. The van der Waals surface area contributed by atoms with Crippen LogP contribution in [-0.4, -0.2) is 30.6 Å². The lowest BCUT2D eigenvalue weighted by Crippen LogP contribution is -2.43. The Hall–Kier alpha value is -0.730. The van der Waals surface area contributed by atoms with Gasteiger partial charge >= 0.3 is 0 Å². The first-order chi connectivity index (χ1) is 9.19. The molecule has 1 saturated heterocycles. The van der Waals surface area contributed by atoms with Gasteiger partial charge in [-0.05, 0) is 69.5 Å². The van der Waals surface area contributed by atoms with Gasteiger partial charge in [0.05, 0.1) is 0 Å². The highest BCUT2D eigenvalue weighted by molar-refractivity contribution is 5.85. The molecule has 1 aromatic carbocycles. The maximum atomic E-state index is 6.04. The molecular formula is C17H28ClNO. The SMILES string of the molecule is CCCN1CCCCC1COc1cc(C)cc(C)c1.Cl. The van der Waals surface area contributed by atoms with Crippen LogP contribution in [0.4, 0.5) is 0 Å². The Kier molecular flexibility index (Phi) is 7.39. The molecule has 3 heteroatoms. The van der Waals surface area contributed by atoms with Gasteiger partial charge in [0.25, 0.3) is 0 Å². The van der Waals surface area contributed by atoms with Gasteiger partial charge in [0.2, 0.25) is 0 Å². The van der Waals surface area contributed by atoms with Crippen LogP contribution in [0, 0.1) is 13.8 Å². The standard InChI is InChI=1S/C17H27NO.ClH/c1-4-8-18-9-6-5-7-16(18)13-19-17-11-14(2)10-15(3)12-17;/h10-12,16H,4-9,13H2,1-3H3;1H. The number of benzene rings is 1. The van der Waals surface area contributed by atoms with Gasteiger partial charge in [-0.1, -0.05) is 19.4 Å². The molecule has 0 aromatic heterocycles. The molecule has 2 rings (SSSR count). The van der Waals surface area contributed by atoms with Crippen LogP contribution >= 0.6 is 12.4 Å². The quantitative estimate of drug-likeness (QED) is 0.800. The smallest absolute Gasteiger partial charge is 0.119 e. The minimum Gasteiger partial charge on any atom is -0.492 e. The highest BCUT2D eigenvalue weighted by Crippen LogP contribution is 2.20. The molecule has 1 aliphatic heterocycles. The van der Waals surface area contributed by atoms with Gasteiger partial charge in [0, 0.05) is 6.04 Å². The van der Waals surface area contributed by atoms with Gasteiger partial charge in [-0.25, -0.2) is 0 Å².